The highest BCUT2D eigenvalue weighted by Gasteiger charge is 2.18. The summed E-state index contributed by atoms with van der Waals surface area (Å²) in [6.45, 7) is 3.54. The molecule has 0 aliphatic heterocycles. The largest absolute Gasteiger partial charge is 0.478 e. The van der Waals surface area contributed by atoms with Gasteiger partial charge < -0.3 is 9.84 Å². The van der Waals surface area contributed by atoms with Crippen molar-refractivity contribution < 1.29 is 32.6 Å². The average Bonchev–Trinajstić information content (AvgIpc) is 3.23. The lowest BCUT2D eigenvalue weighted by atomic mass is 10.1. The molecule has 0 spiro atoms. The molecule has 0 atom stereocenters. The standard InChI is InChI=1S/C23H19F3N2O4S/c1-3-32-10-13-5-4-6-15(20(13)26)19-11-33-23(27-19)28-21(29)14-8-17(24)16(18(25)9-14)7-12(2)22(30)31/h4-9,11H,3,10H2,1-2H3,(H,30,31)(H,27,28,29). The molecular formula is C23H19F3N2O4S. The Labute approximate surface area is 191 Å². The molecule has 0 aliphatic carbocycles. The molecule has 0 saturated carbocycles. The van der Waals surface area contributed by atoms with Gasteiger partial charge in [-0.05, 0) is 38.1 Å². The minimum absolute atomic E-state index is 0.108. The van der Waals surface area contributed by atoms with Crippen LogP contribution in [0.4, 0.5) is 18.3 Å². The van der Waals surface area contributed by atoms with Gasteiger partial charge in [0.15, 0.2) is 5.13 Å². The lowest BCUT2D eigenvalue weighted by Crippen LogP contribution is -2.13. The van der Waals surface area contributed by atoms with Crippen LogP contribution < -0.4 is 5.32 Å². The second-order valence-corrected chi connectivity index (χ2v) is 7.75. The third kappa shape index (κ3) is 5.65. The molecule has 0 bridgehead atoms. The molecule has 6 nitrogen and oxygen atoms in total. The van der Waals surface area contributed by atoms with E-state index >= 15 is 0 Å². The van der Waals surface area contributed by atoms with Crippen LogP contribution in [0.25, 0.3) is 17.3 Å². The minimum atomic E-state index is -1.32. The van der Waals surface area contributed by atoms with E-state index < -0.39 is 34.9 Å². The second-order valence-electron chi connectivity index (χ2n) is 6.89. The lowest BCUT2D eigenvalue weighted by molar-refractivity contribution is -0.132. The van der Waals surface area contributed by atoms with Crippen LogP contribution in [-0.4, -0.2) is 28.6 Å². The molecule has 2 aromatic carbocycles. The highest BCUT2D eigenvalue weighted by molar-refractivity contribution is 7.14. The third-order valence-electron chi connectivity index (χ3n) is 4.58. The van der Waals surface area contributed by atoms with Crippen molar-refractivity contribution in [2.45, 2.75) is 20.5 Å². The van der Waals surface area contributed by atoms with Gasteiger partial charge >= 0.3 is 5.97 Å². The van der Waals surface area contributed by atoms with E-state index in [0.29, 0.717) is 12.2 Å². The quantitative estimate of drug-likeness (QED) is 0.419. The number of carboxylic acid groups (broad SMARTS) is 1. The van der Waals surface area contributed by atoms with Crippen LogP contribution in [0, 0.1) is 17.5 Å². The summed E-state index contributed by atoms with van der Waals surface area (Å²) in [4.78, 5) is 27.5. The molecule has 1 heterocycles. The molecular weight excluding hydrogens is 457 g/mol. The summed E-state index contributed by atoms with van der Waals surface area (Å²) in [5, 5.41) is 13.0. The first kappa shape index (κ1) is 24.1. The van der Waals surface area contributed by atoms with E-state index in [4.69, 9.17) is 9.84 Å². The van der Waals surface area contributed by atoms with E-state index in [0.717, 1.165) is 29.5 Å². The molecule has 1 aromatic heterocycles. The van der Waals surface area contributed by atoms with Crippen LogP contribution in [0.1, 0.15) is 35.3 Å². The SMILES string of the molecule is CCOCc1cccc(-c2csc(NC(=O)c3cc(F)c(C=C(C)C(=O)O)c(F)c3)n2)c1F. The third-order valence-corrected chi connectivity index (χ3v) is 5.34. The van der Waals surface area contributed by atoms with E-state index in [1.807, 2.05) is 0 Å². The molecule has 33 heavy (non-hydrogen) atoms. The van der Waals surface area contributed by atoms with E-state index in [2.05, 4.69) is 10.3 Å². The Morgan fingerprint density at radius 2 is 1.91 bits per heavy atom. The van der Waals surface area contributed by atoms with Crippen LogP contribution in [0.3, 0.4) is 0 Å². The number of nitrogens with one attached hydrogen (secondary N) is 1. The number of anilines is 1. The predicted molar refractivity (Wildman–Crippen MR) is 118 cm³/mol. The number of hydrogen-bond donors (Lipinski definition) is 2. The highest BCUT2D eigenvalue weighted by atomic mass is 32.1. The van der Waals surface area contributed by atoms with Crippen molar-refractivity contribution in [1.82, 2.24) is 4.98 Å². The van der Waals surface area contributed by atoms with Crippen molar-refractivity contribution in [1.29, 1.82) is 0 Å². The number of nitrogens with zero attached hydrogens (tertiary/aromatic N) is 1. The van der Waals surface area contributed by atoms with Gasteiger partial charge in [0.25, 0.3) is 5.91 Å². The molecule has 10 heteroatoms. The van der Waals surface area contributed by atoms with Gasteiger partial charge in [0.2, 0.25) is 0 Å². The molecule has 2 N–H and O–H groups in total. The van der Waals surface area contributed by atoms with E-state index in [1.54, 1.807) is 30.5 Å². The van der Waals surface area contributed by atoms with Gasteiger partial charge in [-0.1, -0.05) is 12.1 Å². The Balaban J connectivity index is 1.81. The fourth-order valence-corrected chi connectivity index (χ4v) is 3.56. The number of hydrogen-bond acceptors (Lipinski definition) is 5. The minimum Gasteiger partial charge on any atom is -0.478 e. The van der Waals surface area contributed by atoms with Crippen molar-refractivity contribution in [3.8, 4) is 11.3 Å². The number of carbonyl (C=O) groups excluding carboxylic acids is 1. The van der Waals surface area contributed by atoms with Crippen molar-refractivity contribution in [3.63, 3.8) is 0 Å². The summed E-state index contributed by atoms with van der Waals surface area (Å²) < 4.78 is 48.6. The van der Waals surface area contributed by atoms with E-state index in [9.17, 15) is 22.8 Å². The number of aliphatic carboxylic acids is 1. The molecule has 0 fully saturated rings. The fourth-order valence-electron chi connectivity index (χ4n) is 2.86. The number of amides is 1. The Kier molecular flexibility index (Phi) is 7.62. The molecule has 1 amide bonds. The normalized spacial score (nSPS) is 11.5. The molecule has 0 unspecified atom stereocenters. The maximum Gasteiger partial charge on any atom is 0.331 e. The van der Waals surface area contributed by atoms with Crippen molar-refractivity contribution in [3.05, 3.63) is 75.4 Å². The van der Waals surface area contributed by atoms with Crippen LogP contribution in [0.2, 0.25) is 0 Å². The van der Waals surface area contributed by atoms with Gasteiger partial charge in [0, 0.05) is 39.8 Å². The van der Waals surface area contributed by atoms with Gasteiger partial charge in [-0.2, -0.15) is 0 Å². The number of aromatic nitrogens is 1. The van der Waals surface area contributed by atoms with Gasteiger partial charge in [-0.25, -0.2) is 22.9 Å². The molecule has 3 rings (SSSR count). The van der Waals surface area contributed by atoms with Gasteiger partial charge in [-0.3, -0.25) is 10.1 Å². The maximum absolute atomic E-state index is 14.8. The summed E-state index contributed by atoms with van der Waals surface area (Å²) in [6.07, 6.45) is 0.843. The zero-order valence-corrected chi connectivity index (χ0v) is 18.4. The number of ether oxygens (including phenoxy) is 1. The van der Waals surface area contributed by atoms with Crippen molar-refractivity contribution >= 4 is 34.4 Å². The van der Waals surface area contributed by atoms with Gasteiger partial charge in [0.05, 0.1) is 12.3 Å². The zero-order valence-electron chi connectivity index (χ0n) is 17.6. The summed E-state index contributed by atoms with van der Waals surface area (Å²) in [5.41, 5.74) is -0.273. The second kappa shape index (κ2) is 10.4. The monoisotopic (exact) mass is 476 g/mol. The predicted octanol–water partition coefficient (Wildman–Crippen LogP) is 5.50. The summed E-state index contributed by atoms with van der Waals surface area (Å²) >= 11 is 1.02. The molecule has 0 aliphatic rings. The number of benzene rings is 2. The number of halogens is 3. The lowest BCUT2D eigenvalue weighted by Gasteiger charge is -2.07. The molecule has 0 radical (unpaired) electrons. The smallest absolute Gasteiger partial charge is 0.331 e. The van der Waals surface area contributed by atoms with E-state index in [1.165, 1.54) is 6.92 Å². The van der Waals surface area contributed by atoms with Crippen LogP contribution in [-0.2, 0) is 16.1 Å². The Morgan fingerprint density at radius 3 is 2.55 bits per heavy atom. The summed E-state index contributed by atoms with van der Waals surface area (Å²) in [6, 6.07) is 6.40. The number of carbonyl (C=O) groups is 2. The Bertz CT molecular complexity index is 1220. The van der Waals surface area contributed by atoms with E-state index in [-0.39, 0.29) is 34.1 Å². The van der Waals surface area contributed by atoms with Crippen LogP contribution in [0.5, 0.6) is 0 Å². The average molecular weight is 476 g/mol. The van der Waals surface area contributed by atoms with Crippen LogP contribution >= 0.6 is 11.3 Å². The Morgan fingerprint density at radius 1 is 1.21 bits per heavy atom. The topological polar surface area (TPSA) is 88.5 Å². The first-order valence-corrected chi connectivity index (χ1v) is 10.6. The number of thiazole rings is 1. The van der Waals surface area contributed by atoms with Gasteiger partial charge in [0.1, 0.15) is 17.5 Å². The molecule has 3 aromatic rings. The van der Waals surface area contributed by atoms with Crippen molar-refractivity contribution in [2.24, 2.45) is 0 Å². The molecule has 172 valence electrons. The summed E-state index contributed by atoms with van der Waals surface area (Å²) in [5.74, 6) is -4.82. The number of rotatable bonds is 8. The van der Waals surface area contributed by atoms with Gasteiger partial charge in [-0.15, -0.1) is 11.3 Å². The van der Waals surface area contributed by atoms with Crippen LogP contribution in [0.15, 0.2) is 41.3 Å². The highest BCUT2D eigenvalue weighted by Crippen LogP contribution is 2.29. The summed E-state index contributed by atoms with van der Waals surface area (Å²) in [7, 11) is 0. The fraction of sp³-hybridized carbons (Fsp3) is 0.174. The maximum atomic E-state index is 14.8. The first-order chi connectivity index (χ1) is 15.7. The Hall–Kier alpha value is -3.50. The number of carboxylic acids is 1. The van der Waals surface area contributed by atoms with Crippen molar-refractivity contribution in [2.75, 3.05) is 11.9 Å². The zero-order chi connectivity index (χ0) is 24.1. The molecule has 0 saturated heterocycles. The first-order valence-electron chi connectivity index (χ1n) is 9.74.